The number of nitrogens with one attached hydrogen (secondary N) is 2. The molecule has 2 fully saturated rings. The summed E-state index contributed by atoms with van der Waals surface area (Å²) >= 11 is 0. The van der Waals surface area contributed by atoms with Gasteiger partial charge in [-0.15, -0.1) is 24.0 Å². The molecule has 2 N–H and O–H groups in total. The maximum atomic E-state index is 12.1. The van der Waals surface area contributed by atoms with Crippen molar-refractivity contribution in [1.29, 1.82) is 0 Å². The molecule has 3 atom stereocenters. The third kappa shape index (κ3) is 6.10. The van der Waals surface area contributed by atoms with Crippen LogP contribution >= 0.6 is 24.0 Å². The van der Waals surface area contributed by atoms with Crippen LogP contribution in [0.25, 0.3) is 0 Å². The Morgan fingerprint density at radius 1 is 1.39 bits per heavy atom. The van der Waals surface area contributed by atoms with Crippen LogP contribution in [0.1, 0.15) is 32.6 Å². The first-order chi connectivity index (χ1) is 10.5. The molecule has 2 aliphatic rings. The minimum Gasteiger partial charge on any atom is -0.356 e. The van der Waals surface area contributed by atoms with Gasteiger partial charge in [-0.3, -0.25) is 14.7 Å². The fourth-order valence-corrected chi connectivity index (χ4v) is 3.05. The lowest BCUT2D eigenvalue weighted by molar-refractivity contribution is -0.133. The Bertz CT molecular complexity index is 415. The average molecular weight is 437 g/mol. The quantitative estimate of drug-likeness (QED) is 0.283. The molecule has 23 heavy (non-hydrogen) atoms. The summed E-state index contributed by atoms with van der Waals surface area (Å²) < 4.78 is 0. The number of nitrogens with zero attached hydrogens (tertiary/aromatic N) is 3. The highest BCUT2D eigenvalue weighted by atomic mass is 127. The van der Waals surface area contributed by atoms with Gasteiger partial charge in [0, 0.05) is 40.3 Å². The lowest BCUT2D eigenvalue weighted by Crippen LogP contribution is -2.44. The van der Waals surface area contributed by atoms with E-state index in [2.05, 4.69) is 27.4 Å². The van der Waals surface area contributed by atoms with Crippen LogP contribution in [0.5, 0.6) is 0 Å². The summed E-state index contributed by atoms with van der Waals surface area (Å²) in [7, 11) is 5.50. The van der Waals surface area contributed by atoms with Crippen molar-refractivity contribution in [2.75, 3.05) is 40.8 Å². The van der Waals surface area contributed by atoms with Crippen molar-refractivity contribution >= 4 is 35.8 Å². The van der Waals surface area contributed by atoms with E-state index in [-0.39, 0.29) is 35.9 Å². The molecule has 2 rings (SSSR count). The molecule has 0 bridgehead atoms. The van der Waals surface area contributed by atoms with E-state index in [1.54, 1.807) is 4.90 Å². The van der Waals surface area contributed by atoms with E-state index < -0.39 is 0 Å². The Morgan fingerprint density at radius 3 is 2.65 bits per heavy atom. The number of hydrogen-bond donors (Lipinski definition) is 2. The van der Waals surface area contributed by atoms with Crippen LogP contribution in [-0.2, 0) is 4.79 Å². The second kappa shape index (κ2) is 9.66. The molecule has 1 heterocycles. The molecule has 0 aromatic heterocycles. The van der Waals surface area contributed by atoms with Crippen molar-refractivity contribution in [2.24, 2.45) is 10.9 Å². The first kappa shape index (κ1) is 20.5. The fraction of sp³-hybridized carbons (Fsp3) is 0.875. The second-order valence-corrected chi connectivity index (χ2v) is 6.74. The van der Waals surface area contributed by atoms with Gasteiger partial charge >= 0.3 is 0 Å². The molecule has 0 aromatic rings. The third-order valence-electron chi connectivity index (χ3n) is 4.66. The van der Waals surface area contributed by atoms with Crippen molar-refractivity contribution in [3.63, 3.8) is 0 Å². The van der Waals surface area contributed by atoms with Crippen LogP contribution in [0.15, 0.2) is 4.99 Å². The van der Waals surface area contributed by atoms with E-state index in [0.29, 0.717) is 6.04 Å². The predicted molar refractivity (Wildman–Crippen MR) is 105 cm³/mol. The molecular weight excluding hydrogens is 405 g/mol. The summed E-state index contributed by atoms with van der Waals surface area (Å²) in [6.45, 7) is 5.14. The number of amides is 1. The van der Waals surface area contributed by atoms with Crippen LogP contribution in [0, 0.1) is 5.92 Å². The highest BCUT2D eigenvalue weighted by Gasteiger charge is 2.33. The van der Waals surface area contributed by atoms with Crippen molar-refractivity contribution in [3.05, 3.63) is 0 Å². The molecule has 1 aliphatic carbocycles. The van der Waals surface area contributed by atoms with Crippen LogP contribution in [0.4, 0.5) is 0 Å². The molecule has 7 heteroatoms. The highest BCUT2D eigenvalue weighted by Crippen LogP contribution is 2.28. The minimum atomic E-state index is 0. The fourth-order valence-electron chi connectivity index (χ4n) is 3.05. The van der Waals surface area contributed by atoms with Gasteiger partial charge in [0.25, 0.3) is 0 Å². The smallest absolute Gasteiger partial charge is 0.239 e. The molecule has 1 amide bonds. The zero-order valence-corrected chi connectivity index (χ0v) is 17.2. The molecule has 1 aliphatic heterocycles. The second-order valence-electron chi connectivity index (χ2n) is 6.74. The number of likely N-dealkylation sites (N-methyl/N-ethyl adjacent to an activating group) is 1. The highest BCUT2D eigenvalue weighted by molar-refractivity contribution is 14.0. The Morgan fingerprint density at radius 2 is 2.09 bits per heavy atom. The van der Waals surface area contributed by atoms with Crippen LogP contribution < -0.4 is 10.6 Å². The SMILES string of the molecule is CN=C(NCCCN1CCCC1C(=O)N(C)C)NC1CC1C.I. The zero-order chi connectivity index (χ0) is 16.1. The summed E-state index contributed by atoms with van der Waals surface area (Å²) in [5.74, 6) is 1.91. The Hall–Kier alpha value is -0.570. The van der Waals surface area contributed by atoms with Crippen molar-refractivity contribution < 1.29 is 4.79 Å². The molecule has 6 nitrogen and oxygen atoms in total. The molecule has 1 saturated heterocycles. The Kier molecular flexibility index (Phi) is 8.60. The number of guanidine groups is 1. The summed E-state index contributed by atoms with van der Waals surface area (Å²) in [4.78, 5) is 20.4. The average Bonchev–Trinajstić information content (AvgIpc) is 3.00. The summed E-state index contributed by atoms with van der Waals surface area (Å²) in [6.07, 6.45) is 4.38. The van der Waals surface area contributed by atoms with Crippen LogP contribution in [0.2, 0.25) is 0 Å². The van der Waals surface area contributed by atoms with Gasteiger partial charge in [0.15, 0.2) is 5.96 Å². The first-order valence-corrected chi connectivity index (χ1v) is 8.45. The van der Waals surface area contributed by atoms with Gasteiger partial charge in [0.1, 0.15) is 0 Å². The topological polar surface area (TPSA) is 60.0 Å². The van der Waals surface area contributed by atoms with Crippen LogP contribution in [-0.4, -0.2) is 74.5 Å². The van der Waals surface area contributed by atoms with Gasteiger partial charge in [-0.25, -0.2) is 0 Å². The molecule has 134 valence electrons. The van der Waals surface area contributed by atoms with Gasteiger partial charge in [-0.1, -0.05) is 6.92 Å². The molecular formula is C16H32IN5O. The molecule has 0 spiro atoms. The number of carbonyl (C=O) groups excluding carboxylic acids is 1. The molecule has 3 unspecified atom stereocenters. The molecule has 1 saturated carbocycles. The normalized spacial score (nSPS) is 27.3. The Labute approximate surface area is 157 Å². The molecule has 0 radical (unpaired) electrons. The van der Waals surface area contributed by atoms with Crippen molar-refractivity contribution in [1.82, 2.24) is 20.4 Å². The predicted octanol–water partition coefficient (Wildman–Crippen LogP) is 1.12. The van der Waals surface area contributed by atoms with E-state index >= 15 is 0 Å². The first-order valence-electron chi connectivity index (χ1n) is 8.45. The number of likely N-dealkylation sites (tertiary alicyclic amines) is 1. The van der Waals surface area contributed by atoms with E-state index in [1.165, 1.54) is 6.42 Å². The number of halogens is 1. The lowest BCUT2D eigenvalue weighted by Gasteiger charge is -2.26. The Balaban J connectivity index is 0.00000264. The summed E-state index contributed by atoms with van der Waals surface area (Å²) in [5, 5.41) is 6.79. The van der Waals surface area contributed by atoms with Gasteiger partial charge in [-0.2, -0.15) is 0 Å². The van der Waals surface area contributed by atoms with Gasteiger partial charge in [0.2, 0.25) is 5.91 Å². The number of aliphatic imine (C=N–C) groups is 1. The van der Waals surface area contributed by atoms with Gasteiger partial charge < -0.3 is 15.5 Å². The number of carbonyl (C=O) groups is 1. The van der Waals surface area contributed by atoms with E-state index in [1.807, 2.05) is 21.1 Å². The largest absolute Gasteiger partial charge is 0.356 e. The lowest BCUT2D eigenvalue weighted by atomic mass is 10.2. The summed E-state index contributed by atoms with van der Waals surface area (Å²) in [6, 6.07) is 0.673. The van der Waals surface area contributed by atoms with Gasteiger partial charge in [0.05, 0.1) is 6.04 Å². The maximum Gasteiger partial charge on any atom is 0.239 e. The van der Waals surface area contributed by atoms with Crippen molar-refractivity contribution in [3.8, 4) is 0 Å². The van der Waals surface area contributed by atoms with Crippen molar-refractivity contribution in [2.45, 2.75) is 44.7 Å². The van der Waals surface area contributed by atoms with Gasteiger partial charge in [-0.05, 0) is 38.1 Å². The van der Waals surface area contributed by atoms with E-state index in [4.69, 9.17) is 0 Å². The number of rotatable bonds is 6. The zero-order valence-electron chi connectivity index (χ0n) is 14.8. The third-order valence-corrected chi connectivity index (χ3v) is 4.66. The van der Waals surface area contributed by atoms with E-state index in [0.717, 1.165) is 50.8 Å². The minimum absolute atomic E-state index is 0. The summed E-state index contributed by atoms with van der Waals surface area (Å²) in [5.41, 5.74) is 0. The van der Waals surface area contributed by atoms with Crippen LogP contribution in [0.3, 0.4) is 0 Å². The number of hydrogen-bond acceptors (Lipinski definition) is 3. The maximum absolute atomic E-state index is 12.1. The van der Waals surface area contributed by atoms with E-state index in [9.17, 15) is 4.79 Å². The monoisotopic (exact) mass is 437 g/mol. The standard InChI is InChI=1S/C16H31N5O.HI/c1-12-11-13(12)19-16(17-2)18-8-6-10-21-9-5-7-14(21)15(22)20(3)4;/h12-14H,5-11H2,1-4H3,(H2,17,18,19);1H. The molecule has 0 aromatic carbocycles.